The first kappa shape index (κ1) is 29.8. The predicted octanol–water partition coefficient (Wildman–Crippen LogP) is 5.24. The van der Waals surface area contributed by atoms with Gasteiger partial charge in [-0.05, 0) is 117 Å². The Morgan fingerprint density at radius 3 is 1.10 bits per heavy atom. The monoisotopic (exact) mass is 426 g/mol. The molecule has 4 unspecified atom stereocenters. The van der Waals surface area contributed by atoms with Crippen LogP contribution in [0.25, 0.3) is 0 Å². The van der Waals surface area contributed by atoms with Crippen molar-refractivity contribution in [3.8, 4) is 0 Å². The third-order valence-electron chi connectivity index (χ3n) is 6.73. The van der Waals surface area contributed by atoms with Gasteiger partial charge in [0.2, 0.25) is 0 Å². The molecule has 0 spiro atoms. The fourth-order valence-corrected chi connectivity index (χ4v) is 4.41. The average molecular weight is 427 g/mol. The van der Waals surface area contributed by atoms with E-state index in [1.165, 1.54) is 64.7 Å². The quantitative estimate of drug-likeness (QED) is 0.246. The van der Waals surface area contributed by atoms with Crippen molar-refractivity contribution in [3.05, 3.63) is 0 Å². The normalized spacial score (nSPS) is 16.2. The lowest BCUT2D eigenvalue weighted by Crippen LogP contribution is -2.42. The van der Waals surface area contributed by atoms with E-state index < -0.39 is 0 Å². The van der Waals surface area contributed by atoms with Crippen molar-refractivity contribution in [1.29, 1.82) is 0 Å². The van der Waals surface area contributed by atoms with E-state index in [-0.39, 0.29) is 0 Å². The Labute approximate surface area is 190 Å². The first-order valence-corrected chi connectivity index (χ1v) is 13.3. The highest BCUT2D eigenvalue weighted by Gasteiger charge is 2.19. The number of nitrogens with zero attached hydrogens (tertiary/aromatic N) is 2. The van der Waals surface area contributed by atoms with Crippen molar-refractivity contribution in [1.82, 2.24) is 20.4 Å². The van der Waals surface area contributed by atoms with Crippen LogP contribution in [0.3, 0.4) is 0 Å². The van der Waals surface area contributed by atoms with Crippen molar-refractivity contribution in [2.24, 2.45) is 11.8 Å². The predicted molar refractivity (Wildman–Crippen MR) is 137 cm³/mol. The van der Waals surface area contributed by atoms with Gasteiger partial charge in [0, 0.05) is 12.1 Å². The van der Waals surface area contributed by atoms with E-state index in [0.717, 1.165) is 26.2 Å². The van der Waals surface area contributed by atoms with Gasteiger partial charge in [-0.1, -0.05) is 41.5 Å². The Kier molecular flexibility index (Phi) is 19.4. The summed E-state index contributed by atoms with van der Waals surface area (Å²) in [4.78, 5) is 5.33. The Bertz CT molecular complexity index is 317. The third kappa shape index (κ3) is 13.3. The number of hydrogen-bond acceptors (Lipinski definition) is 4. The third-order valence-corrected chi connectivity index (χ3v) is 6.73. The molecule has 4 atom stereocenters. The molecule has 0 aliphatic heterocycles. The van der Waals surface area contributed by atoms with Gasteiger partial charge in [-0.3, -0.25) is 0 Å². The Morgan fingerprint density at radius 1 is 0.533 bits per heavy atom. The highest BCUT2D eigenvalue weighted by atomic mass is 15.2. The fourth-order valence-electron chi connectivity index (χ4n) is 4.41. The molecule has 182 valence electrons. The van der Waals surface area contributed by atoms with E-state index in [1.54, 1.807) is 0 Å². The van der Waals surface area contributed by atoms with E-state index in [0.29, 0.717) is 23.9 Å². The Balaban J connectivity index is 3.88. The van der Waals surface area contributed by atoms with Crippen molar-refractivity contribution >= 4 is 0 Å². The SMILES string of the molecule is CCCN(CCC)C(C)C(C)CNCCCCNCC(C)C(C)N(CCC)CCC. The molecule has 0 saturated carbocycles. The smallest absolute Gasteiger partial charge is 0.0105 e. The molecule has 2 N–H and O–H groups in total. The molecule has 0 aromatic rings. The van der Waals surface area contributed by atoms with Crippen molar-refractivity contribution in [3.63, 3.8) is 0 Å². The maximum Gasteiger partial charge on any atom is 0.0105 e. The minimum Gasteiger partial charge on any atom is -0.316 e. The number of unbranched alkanes of at least 4 members (excludes halogenated alkanes) is 1. The Hall–Kier alpha value is -0.160. The highest BCUT2D eigenvalue weighted by molar-refractivity contribution is 4.75. The number of hydrogen-bond donors (Lipinski definition) is 2. The van der Waals surface area contributed by atoms with E-state index in [1.807, 2.05) is 0 Å². The maximum absolute atomic E-state index is 3.70. The van der Waals surface area contributed by atoms with Gasteiger partial charge >= 0.3 is 0 Å². The van der Waals surface area contributed by atoms with Crippen LogP contribution in [-0.2, 0) is 0 Å². The lowest BCUT2D eigenvalue weighted by Gasteiger charge is -2.33. The molecule has 0 aliphatic carbocycles. The van der Waals surface area contributed by atoms with Gasteiger partial charge in [0.05, 0.1) is 0 Å². The van der Waals surface area contributed by atoms with Crippen LogP contribution < -0.4 is 10.6 Å². The fraction of sp³-hybridized carbons (Fsp3) is 1.00. The second-order valence-corrected chi connectivity index (χ2v) is 9.62. The summed E-state index contributed by atoms with van der Waals surface area (Å²) in [6.07, 6.45) is 7.55. The van der Waals surface area contributed by atoms with E-state index in [4.69, 9.17) is 0 Å². The van der Waals surface area contributed by atoms with Gasteiger partial charge in [-0.15, -0.1) is 0 Å². The molecular weight excluding hydrogens is 368 g/mol. The number of rotatable bonds is 21. The van der Waals surface area contributed by atoms with Gasteiger partial charge in [0.15, 0.2) is 0 Å². The molecule has 0 radical (unpaired) electrons. The van der Waals surface area contributed by atoms with Gasteiger partial charge in [-0.25, -0.2) is 0 Å². The van der Waals surface area contributed by atoms with Crippen LogP contribution in [0.1, 0.15) is 93.9 Å². The van der Waals surface area contributed by atoms with Crippen molar-refractivity contribution < 1.29 is 0 Å². The Morgan fingerprint density at radius 2 is 0.833 bits per heavy atom. The summed E-state index contributed by atoms with van der Waals surface area (Å²) in [5.74, 6) is 1.41. The molecule has 0 aromatic heterocycles. The van der Waals surface area contributed by atoms with Crippen LogP contribution in [0.15, 0.2) is 0 Å². The summed E-state index contributed by atoms with van der Waals surface area (Å²) in [5, 5.41) is 7.41. The average Bonchev–Trinajstić information content (AvgIpc) is 2.73. The van der Waals surface area contributed by atoms with Crippen LogP contribution in [0.2, 0.25) is 0 Å². The van der Waals surface area contributed by atoms with Crippen LogP contribution in [0, 0.1) is 11.8 Å². The standard InChI is InChI=1S/C26H58N4/c1-9-17-29(18-10-2)25(7)23(5)21-27-15-13-14-16-28-22-24(6)26(8)30(19-11-3)20-12-4/h23-28H,9-22H2,1-8H3. The van der Waals surface area contributed by atoms with Crippen LogP contribution in [0.4, 0.5) is 0 Å². The molecule has 0 aromatic carbocycles. The van der Waals surface area contributed by atoms with E-state index >= 15 is 0 Å². The van der Waals surface area contributed by atoms with Gasteiger partial charge < -0.3 is 20.4 Å². The molecule has 30 heavy (non-hydrogen) atoms. The lowest BCUT2D eigenvalue weighted by molar-refractivity contribution is 0.159. The minimum atomic E-state index is 0.669. The molecule has 0 amide bonds. The second kappa shape index (κ2) is 19.5. The topological polar surface area (TPSA) is 30.5 Å². The van der Waals surface area contributed by atoms with Gasteiger partial charge in [-0.2, -0.15) is 0 Å². The zero-order chi connectivity index (χ0) is 22.8. The van der Waals surface area contributed by atoms with Crippen LogP contribution in [0.5, 0.6) is 0 Å². The summed E-state index contributed by atoms with van der Waals surface area (Å²) in [5.41, 5.74) is 0. The van der Waals surface area contributed by atoms with E-state index in [9.17, 15) is 0 Å². The van der Waals surface area contributed by atoms with Crippen molar-refractivity contribution in [2.45, 2.75) is 106 Å². The number of nitrogens with one attached hydrogen (secondary N) is 2. The van der Waals surface area contributed by atoms with Gasteiger partial charge in [0.1, 0.15) is 0 Å². The minimum absolute atomic E-state index is 0.669. The summed E-state index contributed by atoms with van der Waals surface area (Å²) in [6.45, 7) is 28.3. The molecular formula is C26H58N4. The summed E-state index contributed by atoms with van der Waals surface area (Å²) in [6, 6.07) is 1.34. The largest absolute Gasteiger partial charge is 0.316 e. The molecule has 4 heteroatoms. The van der Waals surface area contributed by atoms with Crippen molar-refractivity contribution in [2.75, 3.05) is 52.4 Å². The first-order valence-electron chi connectivity index (χ1n) is 13.3. The lowest BCUT2D eigenvalue weighted by atomic mass is 10.0. The second-order valence-electron chi connectivity index (χ2n) is 9.62. The maximum atomic E-state index is 3.70. The highest BCUT2D eigenvalue weighted by Crippen LogP contribution is 2.12. The molecule has 0 saturated heterocycles. The summed E-state index contributed by atoms with van der Waals surface area (Å²) >= 11 is 0. The summed E-state index contributed by atoms with van der Waals surface area (Å²) in [7, 11) is 0. The first-order chi connectivity index (χ1) is 14.4. The van der Waals surface area contributed by atoms with Gasteiger partial charge in [0.25, 0.3) is 0 Å². The van der Waals surface area contributed by atoms with Crippen LogP contribution in [-0.4, -0.2) is 74.2 Å². The molecule has 0 rings (SSSR count). The zero-order valence-electron chi connectivity index (χ0n) is 22.1. The molecule has 0 fully saturated rings. The zero-order valence-corrected chi connectivity index (χ0v) is 22.1. The molecule has 0 bridgehead atoms. The molecule has 0 aliphatic rings. The van der Waals surface area contributed by atoms with Crippen LogP contribution >= 0.6 is 0 Å². The molecule has 0 heterocycles. The van der Waals surface area contributed by atoms with E-state index in [2.05, 4.69) is 75.8 Å². The summed E-state index contributed by atoms with van der Waals surface area (Å²) < 4.78 is 0. The molecule has 4 nitrogen and oxygen atoms in total.